The maximum atomic E-state index is 10.7. The zero-order chi connectivity index (χ0) is 12.4. The third-order valence-electron chi connectivity index (χ3n) is 3.48. The fourth-order valence-corrected chi connectivity index (χ4v) is 1.98. The van der Waals surface area contributed by atoms with Gasteiger partial charge in [-0.15, -0.1) is 0 Å². The van der Waals surface area contributed by atoms with Crippen molar-refractivity contribution in [3.05, 3.63) is 29.6 Å². The van der Waals surface area contributed by atoms with Crippen LogP contribution in [0.2, 0.25) is 0 Å². The van der Waals surface area contributed by atoms with E-state index in [0.717, 1.165) is 18.2 Å². The molecule has 1 aliphatic carbocycles. The van der Waals surface area contributed by atoms with E-state index < -0.39 is 5.97 Å². The molecule has 92 valence electrons. The second-order valence-electron chi connectivity index (χ2n) is 4.84. The van der Waals surface area contributed by atoms with Crippen molar-refractivity contribution in [3.8, 4) is 0 Å². The molecule has 1 aromatic heterocycles. The van der Waals surface area contributed by atoms with Gasteiger partial charge in [-0.2, -0.15) is 0 Å². The summed E-state index contributed by atoms with van der Waals surface area (Å²) in [5, 5.41) is 8.78. The van der Waals surface area contributed by atoms with Crippen molar-refractivity contribution >= 4 is 5.97 Å². The lowest BCUT2D eigenvalue weighted by molar-refractivity contribution is 0.0696. The average Bonchev–Trinajstić information content (AvgIpc) is 3.12. The predicted octanol–water partition coefficient (Wildman–Crippen LogP) is 2.01. The fraction of sp³-hybridized carbons (Fsp3) is 0.538. The summed E-state index contributed by atoms with van der Waals surface area (Å²) in [5.41, 5.74) is 1.16. The first-order chi connectivity index (χ1) is 8.08. The first-order valence-electron chi connectivity index (χ1n) is 5.96. The molecule has 1 aliphatic rings. The van der Waals surface area contributed by atoms with Crippen LogP contribution in [0.1, 0.15) is 35.8 Å². The van der Waals surface area contributed by atoms with Gasteiger partial charge in [0.2, 0.25) is 0 Å². The van der Waals surface area contributed by atoms with Gasteiger partial charge in [-0.3, -0.25) is 9.88 Å². The summed E-state index contributed by atoms with van der Waals surface area (Å²) in [4.78, 5) is 17.1. The van der Waals surface area contributed by atoms with Crippen LogP contribution in [-0.4, -0.2) is 34.0 Å². The van der Waals surface area contributed by atoms with Gasteiger partial charge in [-0.05, 0) is 44.9 Å². The monoisotopic (exact) mass is 234 g/mol. The molecule has 1 unspecified atom stereocenters. The van der Waals surface area contributed by atoms with Gasteiger partial charge in [-0.1, -0.05) is 0 Å². The van der Waals surface area contributed by atoms with E-state index in [2.05, 4.69) is 23.9 Å². The average molecular weight is 234 g/mol. The molecule has 1 N–H and O–H groups in total. The second kappa shape index (κ2) is 4.84. The van der Waals surface area contributed by atoms with E-state index >= 15 is 0 Å². The Balaban J connectivity index is 1.95. The first-order valence-corrected chi connectivity index (χ1v) is 5.96. The minimum absolute atomic E-state index is 0.242. The standard InChI is InChI=1S/C13H18N2O2/c1-9(10-3-4-10)15(2)8-12-6-5-11(7-14-12)13(16)17/h5-7,9-10H,3-4,8H2,1-2H3,(H,16,17). The summed E-state index contributed by atoms with van der Waals surface area (Å²) in [5.74, 6) is -0.0953. The minimum Gasteiger partial charge on any atom is -0.478 e. The lowest BCUT2D eigenvalue weighted by atomic mass is 10.2. The van der Waals surface area contributed by atoms with E-state index in [1.165, 1.54) is 19.0 Å². The zero-order valence-corrected chi connectivity index (χ0v) is 10.3. The smallest absolute Gasteiger partial charge is 0.337 e. The second-order valence-corrected chi connectivity index (χ2v) is 4.84. The predicted molar refractivity (Wildman–Crippen MR) is 64.8 cm³/mol. The Bertz CT molecular complexity index is 398. The Kier molecular flexibility index (Phi) is 3.43. The summed E-state index contributed by atoms with van der Waals surface area (Å²) in [6, 6.07) is 3.98. The highest BCUT2D eigenvalue weighted by Gasteiger charge is 2.30. The van der Waals surface area contributed by atoms with Crippen LogP contribution in [0.4, 0.5) is 0 Å². The van der Waals surface area contributed by atoms with Crippen molar-refractivity contribution < 1.29 is 9.90 Å². The van der Waals surface area contributed by atoms with E-state index in [1.54, 1.807) is 12.1 Å². The number of hydrogen-bond donors (Lipinski definition) is 1. The number of aromatic nitrogens is 1. The molecule has 1 aromatic rings. The number of pyridine rings is 1. The van der Waals surface area contributed by atoms with E-state index in [-0.39, 0.29) is 5.56 Å². The van der Waals surface area contributed by atoms with E-state index in [1.807, 2.05) is 0 Å². The van der Waals surface area contributed by atoms with E-state index in [9.17, 15) is 4.79 Å². The molecule has 2 rings (SSSR count). The maximum Gasteiger partial charge on any atom is 0.337 e. The van der Waals surface area contributed by atoms with Crippen molar-refractivity contribution in [2.24, 2.45) is 5.92 Å². The quantitative estimate of drug-likeness (QED) is 0.846. The maximum absolute atomic E-state index is 10.7. The summed E-state index contributed by atoms with van der Waals surface area (Å²) in [6.45, 7) is 3.01. The number of carbonyl (C=O) groups is 1. The molecule has 0 aromatic carbocycles. The highest BCUT2D eigenvalue weighted by molar-refractivity contribution is 5.87. The van der Waals surface area contributed by atoms with Crippen LogP contribution in [0.5, 0.6) is 0 Å². The number of rotatable bonds is 5. The molecule has 0 amide bonds. The molecule has 0 saturated heterocycles. The van der Waals surface area contributed by atoms with Crippen LogP contribution >= 0.6 is 0 Å². The Morgan fingerprint density at radius 3 is 2.76 bits per heavy atom. The normalized spacial score (nSPS) is 17.1. The van der Waals surface area contributed by atoms with Crippen LogP contribution in [0.3, 0.4) is 0 Å². The molecule has 4 nitrogen and oxygen atoms in total. The Labute approximate surface area is 101 Å². The topological polar surface area (TPSA) is 53.4 Å². The lowest BCUT2D eigenvalue weighted by Gasteiger charge is -2.24. The van der Waals surface area contributed by atoms with Gasteiger partial charge in [0.05, 0.1) is 11.3 Å². The van der Waals surface area contributed by atoms with Crippen molar-refractivity contribution in [2.75, 3.05) is 7.05 Å². The SMILES string of the molecule is CC(C1CC1)N(C)Cc1ccc(C(=O)O)cn1. The zero-order valence-electron chi connectivity index (χ0n) is 10.3. The highest BCUT2D eigenvalue weighted by atomic mass is 16.4. The van der Waals surface area contributed by atoms with Gasteiger partial charge in [0.15, 0.2) is 0 Å². The Morgan fingerprint density at radius 2 is 2.29 bits per heavy atom. The van der Waals surface area contributed by atoms with Crippen LogP contribution in [0.25, 0.3) is 0 Å². The number of aromatic carboxylic acids is 1. The molecule has 0 spiro atoms. The van der Waals surface area contributed by atoms with Crippen molar-refractivity contribution in [1.82, 2.24) is 9.88 Å². The van der Waals surface area contributed by atoms with Gasteiger partial charge in [0.25, 0.3) is 0 Å². The van der Waals surface area contributed by atoms with Gasteiger partial charge in [0.1, 0.15) is 0 Å². The Hall–Kier alpha value is -1.42. The molecule has 0 bridgehead atoms. The molecule has 0 radical (unpaired) electrons. The number of carboxylic acids is 1. The summed E-state index contributed by atoms with van der Waals surface area (Å²) >= 11 is 0. The Morgan fingerprint density at radius 1 is 1.59 bits per heavy atom. The van der Waals surface area contributed by atoms with Gasteiger partial charge in [-0.25, -0.2) is 4.79 Å². The van der Waals surface area contributed by atoms with Crippen molar-refractivity contribution in [1.29, 1.82) is 0 Å². The minimum atomic E-state index is -0.927. The number of hydrogen-bond acceptors (Lipinski definition) is 3. The highest BCUT2D eigenvalue weighted by Crippen LogP contribution is 2.34. The number of nitrogens with zero attached hydrogens (tertiary/aromatic N) is 2. The van der Waals surface area contributed by atoms with Crippen LogP contribution < -0.4 is 0 Å². The number of carboxylic acid groups (broad SMARTS) is 1. The molecule has 1 fully saturated rings. The third-order valence-corrected chi connectivity index (χ3v) is 3.48. The molecule has 4 heteroatoms. The molecule has 17 heavy (non-hydrogen) atoms. The van der Waals surface area contributed by atoms with Crippen LogP contribution in [0, 0.1) is 5.92 Å². The van der Waals surface area contributed by atoms with Gasteiger partial charge in [0, 0.05) is 18.8 Å². The van der Waals surface area contributed by atoms with Gasteiger partial charge < -0.3 is 5.11 Å². The van der Waals surface area contributed by atoms with Crippen molar-refractivity contribution in [2.45, 2.75) is 32.4 Å². The fourth-order valence-electron chi connectivity index (χ4n) is 1.98. The third kappa shape index (κ3) is 3.03. The molecular weight excluding hydrogens is 216 g/mol. The molecular formula is C13H18N2O2. The molecule has 1 atom stereocenters. The van der Waals surface area contributed by atoms with E-state index in [4.69, 9.17) is 5.11 Å². The summed E-state index contributed by atoms with van der Waals surface area (Å²) in [6.07, 6.45) is 4.08. The summed E-state index contributed by atoms with van der Waals surface area (Å²) in [7, 11) is 2.09. The van der Waals surface area contributed by atoms with Crippen molar-refractivity contribution in [3.63, 3.8) is 0 Å². The van der Waals surface area contributed by atoms with Crippen LogP contribution in [0.15, 0.2) is 18.3 Å². The first kappa shape index (κ1) is 12.0. The van der Waals surface area contributed by atoms with Crippen LogP contribution in [-0.2, 0) is 6.54 Å². The molecule has 1 heterocycles. The lowest BCUT2D eigenvalue weighted by Crippen LogP contribution is -2.30. The summed E-state index contributed by atoms with van der Waals surface area (Å²) < 4.78 is 0. The largest absolute Gasteiger partial charge is 0.478 e. The molecule has 0 aliphatic heterocycles. The van der Waals surface area contributed by atoms with Gasteiger partial charge >= 0.3 is 5.97 Å². The van der Waals surface area contributed by atoms with E-state index in [0.29, 0.717) is 6.04 Å². The molecule has 1 saturated carbocycles.